The highest BCUT2D eigenvalue weighted by atomic mass is 32.2. The maximum Gasteiger partial charge on any atom is 0.293 e. The lowest BCUT2D eigenvalue weighted by Gasteiger charge is -2.24. The van der Waals surface area contributed by atoms with Crippen molar-refractivity contribution in [2.75, 3.05) is 32.9 Å². The molecule has 2 saturated heterocycles. The molecule has 0 spiro atoms. The third-order valence-electron chi connectivity index (χ3n) is 5.07. The zero-order chi connectivity index (χ0) is 17.1. The van der Waals surface area contributed by atoms with Gasteiger partial charge in [0, 0.05) is 31.2 Å². The third-order valence-corrected chi connectivity index (χ3v) is 7.29. The summed E-state index contributed by atoms with van der Waals surface area (Å²) in [7, 11) is 0.565. The van der Waals surface area contributed by atoms with Crippen molar-refractivity contribution in [1.82, 2.24) is 19.9 Å². The predicted molar refractivity (Wildman–Crippen MR) is 86.2 cm³/mol. The lowest BCUT2D eigenvalue weighted by molar-refractivity contribution is 0.0741. The fraction of sp³-hybridized carbons (Fsp3) is 0.533. The number of pyridine rings is 1. The van der Waals surface area contributed by atoms with Crippen molar-refractivity contribution in [3.8, 4) is 0 Å². The lowest BCUT2D eigenvalue weighted by Crippen LogP contribution is -2.38. The van der Waals surface area contributed by atoms with E-state index < -0.39 is 15.1 Å². The number of hydrogen-bond acceptors (Lipinski definition) is 7. The maximum atomic E-state index is 12.8. The number of nitrogens with zero attached hydrogens (tertiary/aromatic N) is 4. The second kappa shape index (κ2) is 5.25. The first-order valence-corrected chi connectivity index (χ1v) is 9.47. The van der Waals surface area contributed by atoms with Crippen molar-refractivity contribution in [1.29, 1.82) is 0 Å². The zero-order valence-corrected chi connectivity index (χ0v) is 14.2. The Kier molecular flexibility index (Phi) is 3.40. The fourth-order valence-electron chi connectivity index (χ4n) is 3.81. The van der Waals surface area contributed by atoms with Crippen molar-refractivity contribution >= 4 is 26.8 Å². The monoisotopic (exact) mass is 350 g/mol. The van der Waals surface area contributed by atoms with Crippen molar-refractivity contribution in [3.05, 3.63) is 24.1 Å². The maximum absolute atomic E-state index is 12.8. The van der Waals surface area contributed by atoms with Gasteiger partial charge >= 0.3 is 0 Å². The molecule has 128 valence electrons. The molecule has 0 aromatic carbocycles. The molecule has 8 nitrogen and oxygen atoms in total. The molecular formula is C15H18N4O4S. The van der Waals surface area contributed by atoms with Gasteiger partial charge in [0.1, 0.15) is 0 Å². The average Bonchev–Trinajstić information content (AvgIpc) is 3.21. The third kappa shape index (κ3) is 2.22. The van der Waals surface area contributed by atoms with Gasteiger partial charge < -0.3 is 14.3 Å². The van der Waals surface area contributed by atoms with E-state index in [1.54, 1.807) is 23.2 Å². The smallest absolute Gasteiger partial charge is 0.293 e. The van der Waals surface area contributed by atoms with E-state index in [0.29, 0.717) is 17.6 Å². The number of carbonyl (C=O) groups excluding carboxylic acids is 1. The van der Waals surface area contributed by atoms with Crippen LogP contribution in [0.15, 0.2) is 22.9 Å². The van der Waals surface area contributed by atoms with Crippen LogP contribution in [-0.4, -0.2) is 78.5 Å². The van der Waals surface area contributed by atoms with Gasteiger partial charge in [-0.15, -0.1) is 0 Å². The Bertz CT molecular complexity index is 907. The van der Waals surface area contributed by atoms with Crippen LogP contribution < -0.4 is 0 Å². The predicted octanol–water partition coefficient (Wildman–Crippen LogP) is 0.0220. The van der Waals surface area contributed by atoms with Crippen LogP contribution in [0.5, 0.6) is 0 Å². The molecule has 3 atom stereocenters. The van der Waals surface area contributed by atoms with Crippen LogP contribution >= 0.6 is 0 Å². The van der Waals surface area contributed by atoms with Crippen molar-refractivity contribution < 1.29 is 17.7 Å². The molecule has 24 heavy (non-hydrogen) atoms. The van der Waals surface area contributed by atoms with Crippen LogP contribution in [0.25, 0.3) is 11.0 Å². The number of aromatic nitrogens is 2. The molecule has 0 saturated carbocycles. The summed E-state index contributed by atoms with van der Waals surface area (Å²) in [6.45, 7) is 0.618. The summed E-state index contributed by atoms with van der Waals surface area (Å²) in [4.78, 5) is 20.3. The van der Waals surface area contributed by atoms with Gasteiger partial charge in [-0.2, -0.15) is 0 Å². The van der Waals surface area contributed by atoms with E-state index in [1.165, 1.54) is 0 Å². The molecule has 2 aliphatic rings. The Morgan fingerprint density at radius 1 is 1.38 bits per heavy atom. The van der Waals surface area contributed by atoms with Gasteiger partial charge in [0.25, 0.3) is 5.91 Å². The average molecular weight is 350 g/mol. The Labute approximate surface area is 139 Å². The van der Waals surface area contributed by atoms with Crippen LogP contribution in [-0.2, 0) is 9.84 Å². The normalized spacial score (nSPS) is 28.6. The SMILES string of the molecule is CN(C)[C@@H]1CS(=O)(=O)[C@H]2CN(C(=O)c3onc4ncccc34)C[C@@H]12. The van der Waals surface area contributed by atoms with Crippen molar-refractivity contribution in [2.24, 2.45) is 5.92 Å². The van der Waals surface area contributed by atoms with Crippen LogP contribution in [0.1, 0.15) is 10.6 Å². The Morgan fingerprint density at radius 3 is 2.92 bits per heavy atom. The summed E-state index contributed by atoms with van der Waals surface area (Å²) in [5.41, 5.74) is 0.374. The van der Waals surface area contributed by atoms with E-state index in [-0.39, 0.29) is 35.9 Å². The second-order valence-corrected chi connectivity index (χ2v) is 8.92. The van der Waals surface area contributed by atoms with E-state index >= 15 is 0 Å². The first kappa shape index (κ1) is 15.5. The largest absolute Gasteiger partial charge is 0.348 e. The van der Waals surface area contributed by atoms with Crippen molar-refractivity contribution in [3.63, 3.8) is 0 Å². The molecule has 2 aliphatic heterocycles. The second-order valence-electron chi connectivity index (χ2n) is 6.66. The van der Waals surface area contributed by atoms with Gasteiger partial charge in [0.2, 0.25) is 11.4 Å². The van der Waals surface area contributed by atoms with E-state index in [4.69, 9.17) is 4.52 Å². The van der Waals surface area contributed by atoms with Crippen molar-refractivity contribution in [2.45, 2.75) is 11.3 Å². The molecule has 4 rings (SSSR count). The minimum atomic E-state index is -3.19. The van der Waals surface area contributed by atoms with Gasteiger partial charge in [-0.05, 0) is 26.2 Å². The van der Waals surface area contributed by atoms with E-state index in [9.17, 15) is 13.2 Å². The lowest BCUT2D eigenvalue weighted by atomic mass is 10.00. The number of likely N-dealkylation sites (tertiary alicyclic amines) is 1. The molecule has 0 aliphatic carbocycles. The summed E-state index contributed by atoms with van der Waals surface area (Å²) in [6, 6.07) is 3.37. The first-order valence-electron chi connectivity index (χ1n) is 7.76. The first-order chi connectivity index (χ1) is 11.4. The summed E-state index contributed by atoms with van der Waals surface area (Å²) in [6.07, 6.45) is 1.58. The number of rotatable bonds is 2. The molecule has 2 fully saturated rings. The number of fused-ring (bicyclic) bond motifs is 2. The molecule has 0 bridgehead atoms. The minimum Gasteiger partial charge on any atom is -0.348 e. The molecule has 1 amide bonds. The Balaban J connectivity index is 1.64. The molecular weight excluding hydrogens is 332 g/mol. The number of carbonyl (C=O) groups is 1. The van der Waals surface area contributed by atoms with Gasteiger partial charge in [0.15, 0.2) is 9.84 Å². The molecule has 0 N–H and O–H groups in total. The number of sulfone groups is 1. The van der Waals surface area contributed by atoms with Gasteiger partial charge in [-0.25, -0.2) is 13.4 Å². The molecule has 2 aromatic rings. The molecule has 9 heteroatoms. The van der Waals surface area contributed by atoms with Gasteiger partial charge in [-0.3, -0.25) is 4.79 Å². The number of amides is 1. The highest BCUT2D eigenvalue weighted by Crippen LogP contribution is 2.36. The number of hydrogen-bond donors (Lipinski definition) is 0. The molecule has 2 aromatic heterocycles. The van der Waals surface area contributed by atoms with E-state index in [0.717, 1.165) is 0 Å². The minimum absolute atomic E-state index is 0.0639. The zero-order valence-electron chi connectivity index (χ0n) is 13.4. The van der Waals surface area contributed by atoms with Crippen LogP contribution in [0, 0.1) is 5.92 Å². The summed E-state index contributed by atoms with van der Waals surface area (Å²) >= 11 is 0. The van der Waals surface area contributed by atoms with E-state index in [2.05, 4.69) is 10.1 Å². The highest BCUT2D eigenvalue weighted by molar-refractivity contribution is 7.92. The summed E-state index contributed by atoms with van der Waals surface area (Å²) in [5, 5.41) is 3.84. The van der Waals surface area contributed by atoms with E-state index in [1.807, 2.05) is 19.0 Å². The van der Waals surface area contributed by atoms with Crippen LogP contribution in [0.3, 0.4) is 0 Å². The standard InChI is InChI=1S/C15H18N4O4S/c1-18(2)11-8-24(21,22)12-7-19(6-10(11)12)15(20)13-9-4-3-5-16-14(9)17-23-13/h3-5,10-12H,6-8H2,1-2H3/t10-,11+,12-/m0/s1. The van der Waals surface area contributed by atoms with Crippen LogP contribution in [0.2, 0.25) is 0 Å². The quantitative estimate of drug-likeness (QED) is 0.753. The van der Waals surface area contributed by atoms with Gasteiger partial charge in [-0.1, -0.05) is 5.16 Å². The molecule has 0 radical (unpaired) electrons. The Morgan fingerprint density at radius 2 is 2.17 bits per heavy atom. The highest BCUT2D eigenvalue weighted by Gasteiger charge is 2.53. The topological polar surface area (TPSA) is 96.6 Å². The van der Waals surface area contributed by atoms with Crippen LogP contribution in [0.4, 0.5) is 0 Å². The van der Waals surface area contributed by atoms with Gasteiger partial charge in [0.05, 0.1) is 16.4 Å². The summed E-state index contributed by atoms with van der Waals surface area (Å²) < 4.78 is 30.0. The molecule has 4 heterocycles. The Hall–Kier alpha value is -2.00. The molecule has 0 unspecified atom stereocenters. The summed E-state index contributed by atoms with van der Waals surface area (Å²) in [5.74, 6) is -0.113. The fourth-order valence-corrected chi connectivity index (χ4v) is 6.29.